The van der Waals surface area contributed by atoms with Crippen LogP contribution >= 0.6 is 23.2 Å². The average molecular weight is 352 g/mol. The van der Waals surface area contributed by atoms with Gasteiger partial charge in [-0.1, -0.05) is 36.4 Å². The van der Waals surface area contributed by atoms with Crippen LogP contribution in [0.4, 0.5) is 5.69 Å². The van der Waals surface area contributed by atoms with Crippen molar-refractivity contribution in [2.45, 2.75) is 17.7 Å². The van der Waals surface area contributed by atoms with E-state index in [1.165, 1.54) is 0 Å². The van der Waals surface area contributed by atoms with Crippen LogP contribution in [0.1, 0.15) is 13.3 Å². The van der Waals surface area contributed by atoms with Gasteiger partial charge in [-0.05, 0) is 18.4 Å². The lowest BCUT2D eigenvalue weighted by Crippen LogP contribution is -2.26. The lowest BCUT2D eigenvalue weighted by Gasteiger charge is -2.12. The summed E-state index contributed by atoms with van der Waals surface area (Å²) in [5, 5.41) is 4.69. The quantitative estimate of drug-likeness (QED) is 0.671. The molecule has 1 aliphatic rings. The van der Waals surface area contributed by atoms with Crippen molar-refractivity contribution in [1.82, 2.24) is 0 Å². The molecule has 120 valence electrons. The number of benzene rings is 2. The van der Waals surface area contributed by atoms with Gasteiger partial charge < -0.3 is 10.1 Å². The summed E-state index contributed by atoms with van der Waals surface area (Å²) in [4.78, 5) is 24.0. The molecule has 1 amide bonds. The van der Waals surface area contributed by atoms with Gasteiger partial charge in [0, 0.05) is 17.5 Å². The van der Waals surface area contributed by atoms with Gasteiger partial charge in [-0.25, -0.2) is 0 Å². The Bertz CT molecular complexity index is 785. The van der Waals surface area contributed by atoms with E-state index in [1.807, 2.05) is 36.4 Å². The molecule has 0 saturated heterocycles. The lowest BCUT2D eigenvalue weighted by atomic mass is 10.1. The highest BCUT2D eigenvalue weighted by molar-refractivity contribution is 6.53. The molecule has 0 unspecified atom stereocenters. The van der Waals surface area contributed by atoms with Gasteiger partial charge >= 0.3 is 5.97 Å². The van der Waals surface area contributed by atoms with Gasteiger partial charge in [0.1, 0.15) is 9.75 Å². The van der Waals surface area contributed by atoms with Gasteiger partial charge in [0.2, 0.25) is 0 Å². The van der Waals surface area contributed by atoms with Crippen molar-refractivity contribution in [3.63, 3.8) is 0 Å². The van der Waals surface area contributed by atoms with Crippen molar-refractivity contribution in [2.24, 2.45) is 5.41 Å². The van der Waals surface area contributed by atoms with E-state index in [9.17, 15) is 9.59 Å². The fourth-order valence-electron chi connectivity index (χ4n) is 2.43. The summed E-state index contributed by atoms with van der Waals surface area (Å²) < 4.78 is 3.93. The Morgan fingerprint density at radius 2 is 1.83 bits per heavy atom. The molecule has 0 aromatic heterocycles. The van der Waals surface area contributed by atoms with Crippen molar-refractivity contribution in [3.8, 4) is 0 Å². The molecule has 3 rings (SSSR count). The van der Waals surface area contributed by atoms with Gasteiger partial charge in [0.05, 0.1) is 0 Å². The molecular formula is C17H15Cl2NO3. The summed E-state index contributed by atoms with van der Waals surface area (Å²) >= 11 is 11.8. The van der Waals surface area contributed by atoms with Crippen molar-refractivity contribution >= 4 is 51.5 Å². The average Bonchev–Trinajstić information content (AvgIpc) is 3.05. The minimum atomic E-state index is -1.10. The van der Waals surface area contributed by atoms with E-state index >= 15 is 0 Å². The maximum Gasteiger partial charge on any atom is 0.315 e. The second-order valence-corrected chi connectivity index (χ2v) is 7.35. The third-order valence-electron chi connectivity index (χ3n) is 4.11. The highest BCUT2D eigenvalue weighted by atomic mass is 35.5. The molecule has 1 N–H and O–H groups in total. The summed E-state index contributed by atoms with van der Waals surface area (Å²) in [6.45, 7) is 1.25. The lowest BCUT2D eigenvalue weighted by molar-refractivity contribution is -0.152. The third kappa shape index (κ3) is 3.01. The Kier molecular flexibility index (Phi) is 3.98. The molecule has 0 radical (unpaired) electrons. The van der Waals surface area contributed by atoms with Crippen LogP contribution in [0.5, 0.6) is 0 Å². The second kappa shape index (κ2) is 5.69. The molecule has 4 nitrogen and oxygen atoms in total. The zero-order chi connectivity index (χ0) is 16.7. The molecule has 6 heteroatoms. The maximum absolute atomic E-state index is 12.0. The number of fused-ring (bicyclic) bond motifs is 1. The summed E-state index contributed by atoms with van der Waals surface area (Å²) in [6.07, 6.45) is 0.326. The van der Waals surface area contributed by atoms with E-state index in [0.29, 0.717) is 12.1 Å². The first-order valence-electron chi connectivity index (χ1n) is 7.16. The predicted molar refractivity (Wildman–Crippen MR) is 90.7 cm³/mol. The molecule has 0 bridgehead atoms. The van der Waals surface area contributed by atoms with Crippen LogP contribution < -0.4 is 5.32 Å². The van der Waals surface area contributed by atoms with Gasteiger partial charge in [-0.3, -0.25) is 9.59 Å². The Hall–Kier alpha value is -1.78. The Morgan fingerprint density at radius 1 is 1.17 bits per heavy atom. The van der Waals surface area contributed by atoms with Gasteiger partial charge in [-0.2, -0.15) is 0 Å². The van der Waals surface area contributed by atoms with E-state index in [-0.39, 0.29) is 6.61 Å². The van der Waals surface area contributed by atoms with Crippen molar-refractivity contribution in [3.05, 3.63) is 42.5 Å². The SMILES string of the molecule is C[C@@]1(C(=O)OCC(=O)Nc2cccc3ccccc23)CC1(Cl)Cl. The predicted octanol–water partition coefficient (Wildman–Crippen LogP) is 3.91. The molecule has 1 fully saturated rings. The molecule has 2 aromatic rings. The number of ether oxygens (including phenoxy) is 1. The number of rotatable bonds is 4. The van der Waals surface area contributed by atoms with Crippen LogP contribution in [-0.4, -0.2) is 22.8 Å². The molecule has 0 spiro atoms. The number of carbonyl (C=O) groups excluding carboxylic acids is 2. The molecule has 23 heavy (non-hydrogen) atoms. The topological polar surface area (TPSA) is 55.4 Å². The zero-order valence-corrected chi connectivity index (χ0v) is 13.9. The minimum absolute atomic E-state index is 0.326. The van der Waals surface area contributed by atoms with Gasteiger partial charge in [-0.15, -0.1) is 23.2 Å². The monoisotopic (exact) mass is 351 g/mol. The number of amides is 1. The molecule has 1 aliphatic carbocycles. The van der Waals surface area contributed by atoms with Gasteiger partial charge in [0.25, 0.3) is 5.91 Å². The summed E-state index contributed by atoms with van der Waals surface area (Å²) in [5.41, 5.74) is -0.263. The van der Waals surface area contributed by atoms with E-state index in [4.69, 9.17) is 27.9 Å². The normalized spacial score (nSPS) is 21.7. The Morgan fingerprint density at radius 3 is 2.52 bits per heavy atom. The molecule has 1 atom stereocenters. The number of hydrogen-bond acceptors (Lipinski definition) is 3. The van der Waals surface area contributed by atoms with Crippen molar-refractivity contribution in [2.75, 3.05) is 11.9 Å². The smallest absolute Gasteiger partial charge is 0.315 e. The fraction of sp³-hybridized carbons (Fsp3) is 0.294. The molecular weight excluding hydrogens is 337 g/mol. The second-order valence-electron chi connectivity index (χ2n) is 5.86. The molecule has 2 aromatic carbocycles. The first-order valence-corrected chi connectivity index (χ1v) is 7.92. The molecule has 0 aliphatic heterocycles. The Labute approximate surface area is 143 Å². The summed E-state index contributed by atoms with van der Waals surface area (Å²) in [7, 11) is 0. The highest BCUT2D eigenvalue weighted by Crippen LogP contribution is 2.64. The largest absolute Gasteiger partial charge is 0.455 e. The number of alkyl halides is 2. The van der Waals surface area contributed by atoms with E-state index < -0.39 is 21.6 Å². The maximum atomic E-state index is 12.0. The Balaban J connectivity index is 1.63. The van der Waals surface area contributed by atoms with Crippen LogP contribution in [-0.2, 0) is 14.3 Å². The van der Waals surface area contributed by atoms with Crippen LogP contribution in [0.2, 0.25) is 0 Å². The summed E-state index contributed by atoms with van der Waals surface area (Å²) in [6, 6.07) is 13.3. The number of hydrogen-bond donors (Lipinski definition) is 1. The standard InChI is InChI=1S/C17H15Cl2NO3/c1-16(10-17(16,18)19)15(22)23-9-14(21)20-13-8-4-6-11-5-2-3-7-12(11)13/h2-8H,9-10H2,1H3,(H,20,21)/t16-/m0/s1. The van der Waals surface area contributed by atoms with Crippen molar-refractivity contribution in [1.29, 1.82) is 0 Å². The van der Waals surface area contributed by atoms with Crippen LogP contribution in [0.3, 0.4) is 0 Å². The first-order chi connectivity index (χ1) is 10.8. The fourth-order valence-corrected chi connectivity index (χ4v) is 3.12. The number of carbonyl (C=O) groups is 2. The third-order valence-corrected chi connectivity index (χ3v) is 5.21. The minimum Gasteiger partial charge on any atom is -0.455 e. The molecule has 0 heterocycles. The van der Waals surface area contributed by atoms with Crippen molar-refractivity contribution < 1.29 is 14.3 Å². The van der Waals surface area contributed by atoms with Gasteiger partial charge in [0.15, 0.2) is 6.61 Å². The van der Waals surface area contributed by atoms with E-state index in [2.05, 4.69) is 5.32 Å². The first kappa shape index (κ1) is 16.1. The van der Waals surface area contributed by atoms with E-state index in [1.54, 1.807) is 13.0 Å². The molecule has 1 saturated carbocycles. The number of anilines is 1. The van der Waals surface area contributed by atoms with Crippen LogP contribution in [0, 0.1) is 5.41 Å². The van der Waals surface area contributed by atoms with E-state index in [0.717, 1.165) is 10.8 Å². The van der Waals surface area contributed by atoms with Crippen LogP contribution in [0.15, 0.2) is 42.5 Å². The number of esters is 1. The van der Waals surface area contributed by atoms with Crippen LogP contribution in [0.25, 0.3) is 10.8 Å². The summed E-state index contributed by atoms with van der Waals surface area (Å²) in [5.74, 6) is -0.968. The number of halogens is 2. The highest BCUT2D eigenvalue weighted by Gasteiger charge is 2.69. The zero-order valence-electron chi connectivity index (χ0n) is 12.4. The number of nitrogens with one attached hydrogen (secondary N) is 1.